The van der Waals surface area contributed by atoms with E-state index in [2.05, 4.69) is 4.84 Å². The molecular formula is C7H16N2O3. The summed E-state index contributed by atoms with van der Waals surface area (Å²) in [5, 5.41) is 0.589. The zero-order chi connectivity index (χ0) is 9.78. The Labute approximate surface area is 72.3 Å². The SMILES string of the molecule is CCON(N)C(=O)OC(C)(C)C. The molecular weight excluding hydrogens is 160 g/mol. The van der Waals surface area contributed by atoms with E-state index >= 15 is 0 Å². The Morgan fingerprint density at radius 2 is 2.00 bits per heavy atom. The monoisotopic (exact) mass is 176 g/mol. The van der Waals surface area contributed by atoms with Crippen LogP contribution in [-0.2, 0) is 9.57 Å². The molecule has 0 saturated heterocycles. The minimum atomic E-state index is -0.690. The van der Waals surface area contributed by atoms with Crippen LogP contribution in [0.2, 0.25) is 0 Å². The number of ether oxygens (including phenoxy) is 1. The van der Waals surface area contributed by atoms with Gasteiger partial charge in [0.25, 0.3) is 0 Å². The lowest BCUT2D eigenvalue weighted by atomic mass is 10.2. The minimum Gasteiger partial charge on any atom is -0.441 e. The van der Waals surface area contributed by atoms with E-state index in [4.69, 9.17) is 10.6 Å². The number of hydrazine groups is 1. The second-order valence-corrected chi connectivity index (χ2v) is 3.22. The highest BCUT2D eigenvalue weighted by Crippen LogP contribution is 2.08. The summed E-state index contributed by atoms with van der Waals surface area (Å²) >= 11 is 0. The number of carbonyl (C=O) groups is 1. The molecule has 0 aliphatic rings. The van der Waals surface area contributed by atoms with Crippen LogP contribution in [0.3, 0.4) is 0 Å². The maximum Gasteiger partial charge on any atom is 0.449 e. The van der Waals surface area contributed by atoms with Crippen molar-refractivity contribution < 1.29 is 14.4 Å². The van der Waals surface area contributed by atoms with Gasteiger partial charge in [-0.1, -0.05) is 0 Å². The molecule has 12 heavy (non-hydrogen) atoms. The maximum atomic E-state index is 11.0. The summed E-state index contributed by atoms with van der Waals surface area (Å²) in [5.74, 6) is 5.17. The van der Waals surface area contributed by atoms with Gasteiger partial charge in [0, 0.05) is 0 Å². The Morgan fingerprint density at radius 1 is 1.50 bits per heavy atom. The van der Waals surface area contributed by atoms with Crippen molar-refractivity contribution in [1.29, 1.82) is 0 Å². The standard InChI is InChI=1S/C7H16N2O3/c1-5-11-9(8)6(10)12-7(2,3)4/h5,8H2,1-4H3. The van der Waals surface area contributed by atoms with Gasteiger partial charge in [0.05, 0.1) is 6.61 Å². The fraction of sp³-hybridized carbons (Fsp3) is 0.857. The molecule has 0 aromatic heterocycles. The maximum absolute atomic E-state index is 11.0. The largest absolute Gasteiger partial charge is 0.449 e. The lowest BCUT2D eigenvalue weighted by molar-refractivity contribution is -0.145. The molecule has 0 rings (SSSR count). The predicted molar refractivity (Wildman–Crippen MR) is 43.9 cm³/mol. The molecule has 0 aromatic carbocycles. The molecule has 1 amide bonds. The third-order valence-corrected chi connectivity index (χ3v) is 0.842. The van der Waals surface area contributed by atoms with E-state index < -0.39 is 11.7 Å². The minimum absolute atomic E-state index is 0.329. The number of rotatable bonds is 2. The molecule has 0 bridgehead atoms. The van der Waals surface area contributed by atoms with Crippen molar-refractivity contribution in [2.75, 3.05) is 6.61 Å². The van der Waals surface area contributed by atoms with Crippen LogP contribution in [0.5, 0.6) is 0 Å². The summed E-state index contributed by atoms with van der Waals surface area (Å²) in [4.78, 5) is 15.7. The number of amides is 1. The van der Waals surface area contributed by atoms with Crippen molar-refractivity contribution in [2.45, 2.75) is 33.3 Å². The van der Waals surface area contributed by atoms with E-state index in [1.165, 1.54) is 0 Å². The van der Waals surface area contributed by atoms with Crippen LogP contribution in [-0.4, -0.2) is 23.5 Å². The molecule has 5 heteroatoms. The molecule has 0 spiro atoms. The Kier molecular flexibility index (Phi) is 3.99. The van der Waals surface area contributed by atoms with Crippen LogP contribution >= 0.6 is 0 Å². The first-order chi connectivity index (χ1) is 5.37. The smallest absolute Gasteiger partial charge is 0.441 e. The van der Waals surface area contributed by atoms with Gasteiger partial charge in [-0.25, -0.2) is 10.6 Å². The molecule has 0 atom stereocenters. The van der Waals surface area contributed by atoms with Crippen molar-refractivity contribution in [3.05, 3.63) is 0 Å². The Balaban J connectivity index is 3.87. The molecule has 0 aliphatic carbocycles. The summed E-state index contributed by atoms with van der Waals surface area (Å²) in [5.41, 5.74) is -0.550. The van der Waals surface area contributed by atoms with Gasteiger partial charge < -0.3 is 4.74 Å². The molecule has 72 valence electrons. The highest BCUT2D eigenvalue weighted by atomic mass is 16.8. The van der Waals surface area contributed by atoms with Crippen molar-refractivity contribution in [2.24, 2.45) is 5.84 Å². The van der Waals surface area contributed by atoms with Gasteiger partial charge in [0.2, 0.25) is 0 Å². The number of nitrogens with zero attached hydrogens (tertiary/aromatic N) is 1. The number of nitrogens with two attached hydrogens (primary N) is 1. The van der Waals surface area contributed by atoms with Gasteiger partial charge in [0.1, 0.15) is 5.60 Å². The van der Waals surface area contributed by atoms with Crippen LogP contribution in [0.1, 0.15) is 27.7 Å². The summed E-state index contributed by atoms with van der Waals surface area (Å²) in [7, 11) is 0. The first-order valence-corrected chi connectivity index (χ1v) is 3.77. The van der Waals surface area contributed by atoms with Gasteiger partial charge in [-0.05, 0) is 27.7 Å². The summed E-state index contributed by atoms with van der Waals surface area (Å²) in [6.45, 7) is 7.32. The van der Waals surface area contributed by atoms with Crippen LogP contribution in [0.4, 0.5) is 4.79 Å². The Bertz CT molecular complexity index is 153. The molecule has 0 radical (unpaired) electrons. The lowest BCUT2D eigenvalue weighted by Crippen LogP contribution is -2.41. The van der Waals surface area contributed by atoms with Crippen molar-refractivity contribution >= 4 is 6.09 Å². The first-order valence-electron chi connectivity index (χ1n) is 3.77. The molecule has 0 unspecified atom stereocenters. The van der Waals surface area contributed by atoms with E-state index in [0.717, 1.165) is 0 Å². The zero-order valence-electron chi connectivity index (χ0n) is 7.96. The normalized spacial score (nSPS) is 11.1. The third kappa shape index (κ3) is 4.92. The van der Waals surface area contributed by atoms with E-state index in [1.807, 2.05) is 0 Å². The molecule has 5 nitrogen and oxygen atoms in total. The van der Waals surface area contributed by atoms with Gasteiger partial charge in [-0.15, -0.1) is 5.17 Å². The van der Waals surface area contributed by atoms with Crippen LogP contribution in [0, 0.1) is 0 Å². The number of hydrogen-bond donors (Lipinski definition) is 1. The number of hydrogen-bond acceptors (Lipinski definition) is 4. The zero-order valence-corrected chi connectivity index (χ0v) is 7.96. The topological polar surface area (TPSA) is 64.8 Å². The van der Waals surface area contributed by atoms with Crippen molar-refractivity contribution in [3.63, 3.8) is 0 Å². The average Bonchev–Trinajstić information content (AvgIpc) is 1.84. The van der Waals surface area contributed by atoms with Crippen molar-refractivity contribution in [1.82, 2.24) is 5.17 Å². The lowest BCUT2D eigenvalue weighted by Gasteiger charge is -2.22. The Hall–Kier alpha value is -0.810. The van der Waals surface area contributed by atoms with Crippen LogP contribution < -0.4 is 5.84 Å². The van der Waals surface area contributed by atoms with E-state index in [-0.39, 0.29) is 0 Å². The summed E-state index contributed by atoms with van der Waals surface area (Å²) in [6.07, 6.45) is -0.690. The van der Waals surface area contributed by atoms with Crippen LogP contribution in [0.25, 0.3) is 0 Å². The molecule has 0 aromatic rings. The Morgan fingerprint density at radius 3 is 2.33 bits per heavy atom. The van der Waals surface area contributed by atoms with E-state index in [0.29, 0.717) is 11.8 Å². The molecule has 0 fully saturated rings. The van der Waals surface area contributed by atoms with Gasteiger partial charge >= 0.3 is 6.09 Å². The molecule has 2 N–H and O–H groups in total. The van der Waals surface area contributed by atoms with Crippen molar-refractivity contribution in [3.8, 4) is 0 Å². The van der Waals surface area contributed by atoms with E-state index in [9.17, 15) is 4.79 Å². The molecule has 0 aliphatic heterocycles. The summed E-state index contributed by atoms with van der Waals surface area (Å²) in [6, 6.07) is 0. The molecule has 0 saturated carbocycles. The highest BCUT2D eigenvalue weighted by Gasteiger charge is 2.20. The first kappa shape index (κ1) is 11.2. The average molecular weight is 176 g/mol. The van der Waals surface area contributed by atoms with E-state index in [1.54, 1.807) is 27.7 Å². The predicted octanol–water partition coefficient (Wildman–Crippen LogP) is 1.05. The third-order valence-electron chi connectivity index (χ3n) is 0.842. The summed E-state index contributed by atoms with van der Waals surface area (Å²) < 4.78 is 4.89. The second kappa shape index (κ2) is 4.27. The number of carbonyl (C=O) groups excluding carboxylic acids is 1. The quantitative estimate of drug-likeness (QED) is 0.388. The van der Waals surface area contributed by atoms with Gasteiger partial charge in [-0.3, -0.25) is 4.84 Å². The second-order valence-electron chi connectivity index (χ2n) is 3.22. The van der Waals surface area contributed by atoms with Crippen LogP contribution in [0.15, 0.2) is 0 Å². The van der Waals surface area contributed by atoms with Gasteiger partial charge in [-0.2, -0.15) is 0 Å². The number of hydroxylamine groups is 1. The molecule has 0 heterocycles. The fourth-order valence-electron chi connectivity index (χ4n) is 0.499. The fourth-order valence-corrected chi connectivity index (χ4v) is 0.499. The highest BCUT2D eigenvalue weighted by molar-refractivity contribution is 5.65. The van der Waals surface area contributed by atoms with Gasteiger partial charge in [0.15, 0.2) is 0 Å².